The fourth-order valence-corrected chi connectivity index (χ4v) is 3.42. The second-order valence-electron chi connectivity index (χ2n) is 6.51. The first-order chi connectivity index (χ1) is 14.1. The Morgan fingerprint density at radius 2 is 1.66 bits per heavy atom. The van der Waals surface area contributed by atoms with E-state index in [0.29, 0.717) is 6.29 Å². The first-order valence-corrected chi connectivity index (χ1v) is 9.32. The number of rotatable bonds is 4. The number of carbonyl (C=O) groups is 1. The molecule has 5 nitrogen and oxygen atoms in total. The summed E-state index contributed by atoms with van der Waals surface area (Å²) in [6.45, 7) is 5.16. The SMILES string of the molecule is C=CC=O.CNc1ccc(-c2c(-c3ccccc3)c3c(C)ncnc3n2C)cc1. The molecule has 2 aromatic heterocycles. The van der Waals surface area contributed by atoms with Gasteiger partial charge in [0.2, 0.25) is 0 Å². The molecule has 1 N–H and O–H groups in total. The minimum atomic E-state index is 0.639. The minimum absolute atomic E-state index is 0.639. The molecule has 0 aliphatic heterocycles. The van der Waals surface area contributed by atoms with E-state index in [4.69, 9.17) is 4.79 Å². The van der Waals surface area contributed by atoms with Crippen LogP contribution in [-0.2, 0) is 11.8 Å². The van der Waals surface area contributed by atoms with Crippen LogP contribution in [0.1, 0.15) is 5.69 Å². The molecule has 29 heavy (non-hydrogen) atoms. The zero-order valence-electron chi connectivity index (χ0n) is 16.9. The topological polar surface area (TPSA) is 59.8 Å². The summed E-state index contributed by atoms with van der Waals surface area (Å²) in [6.07, 6.45) is 3.47. The highest BCUT2D eigenvalue weighted by Gasteiger charge is 2.20. The maximum Gasteiger partial charge on any atom is 0.144 e. The highest BCUT2D eigenvalue weighted by atomic mass is 16.1. The van der Waals surface area contributed by atoms with Gasteiger partial charge in [0, 0.05) is 30.7 Å². The standard InChI is InChI=1S/C21H20N4.C3H4O/c1-14-18-19(15-7-5-4-6-8-15)20(25(3)21(18)24-13-23-14)16-9-11-17(22-2)12-10-16;1-2-3-4/h4-13,22H,1-3H3;2-3H,1H2. The summed E-state index contributed by atoms with van der Waals surface area (Å²) in [4.78, 5) is 18.0. The number of nitrogens with one attached hydrogen (secondary N) is 1. The highest BCUT2D eigenvalue weighted by molar-refractivity contribution is 6.04. The van der Waals surface area contributed by atoms with Crippen LogP contribution < -0.4 is 5.32 Å². The van der Waals surface area contributed by atoms with Crippen LogP contribution in [0.5, 0.6) is 0 Å². The Kier molecular flexibility index (Phi) is 6.19. The Balaban J connectivity index is 0.000000552. The van der Waals surface area contributed by atoms with Gasteiger partial charge in [0.25, 0.3) is 0 Å². The average molecular weight is 384 g/mol. The van der Waals surface area contributed by atoms with Crippen LogP contribution in [0.15, 0.2) is 73.6 Å². The zero-order chi connectivity index (χ0) is 20.8. The molecule has 0 spiro atoms. The third-order valence-electron chi connectivity index (χ3n) is 4.76. The molecule has 0 amide bonds. The number of benzene rings is 2. The maximum absolute atomic E-state index is 9.06. The van der Waals surface area contributed by atoms with E-state index >= 15 is 0 Å². The second-order valence-corrected chi connectivity index (χ2v) is 6.51. The molecule has 4 aromatic rings. The quantitative estimate of drug-likeness (QED) is 0.396. The second kappa shape index (κ2) is 8.97. The monoisotopic (exact) mass is 384 g/mol. The predicted molar refractivity (Wildman–Crippen MR) is 120 cm³/mol. The van der Waals surface area contributed by atoms with Crippen LogP contribution in [0.2, 0.25) is 0 Å². The molecule has 0 saturated heterocycles. The number of fused-ring (bicyclic) bond motifs is 1. The molecule has 0 aliphatic carbocycles. The van der Waals surface area contributed by atoms with Gasteiger partial charge in [-0.1, -0.05) is 49.0 Å². The molecule has 0 atom stereocenters. The molecule has 0 radical (unpaired) electrons. The molecule has 0 bridgehead atoms. The van der Waals surface area contributed by atoms with Gasteiger partial charge in [0.15, 0.2) is 0 Å². The molecule has 0 aliphatic rings. The average Bonchev–Trinajstić information content (AvgIpc) is 3.08. The van der Waals surface area contributed by atoms with E-state index in [0.717, 1.165) is 33.7 Å². The van der Waals surface area contributed by atoms with Gasteiger partial charge < -0.3 is 9.88 Å². The molecule has 5 heteroatoms. The summed E-state index contributed by atoms with van der Waals surface area (Å²) >= 11 is 0. The first-order valence-electron chi connectivity index (χ1n) is 9.32. The lowest BCUT2D eigenvalue weighted by Gasteiger charge is -2.10. The summed E-state index contributed by atoms with van der Waals surface area (Å²) in [6, 6.07) is 19.0. The Bertz CT molecular complexity index is 1120. The number of nitrogens with zero attached hydrogens (tertiary/aromatic N) is 3. The maximum atomic E-state index is 9.06. The summed E-state index contributed by atoms with van der Waals surface area (Å²) in [5, 5.41) is 4.29. The van der Waals surface area contributed by atoms with Gasteiger partial charge in [-0.3, -0.25) is 4.79 Å². The Hall–Kier alpha value is -3.73. The fourth-order valence-electron chi connectivity index (χ4n) is 3.42. The van der Waals surface area contributed by atoms with Crippen molar-refractivity contribution in [3.05, 3.63) is 79.3 Å². The van der Waals surface area contributed by atoms with Crippen molar-refractivity contribution in [2.75, 3.05) is 12.4 Å². The zero-order valence-corrected chi connectivity index (χ0v) is 16.9. The number of aldehydes is 1. The van der Waals surface area contributed by atoms with Crippen molar-refractivity contribution in [1.29, 1.82) is 0 Å². The van der Waals surface area contributed by atoms with E-state index in [9.17, 15) is 0 Å². The van der Waals surface area contributed by atoms with Crippen molar-refractivity contribution in [1.82, 2.24) is 14.5 Å². The van der Waals surface area contributed by atoms with E-state index in [1.165, 1.54) is 17.2 Å². The number of anilines is 1. The molecular weight excluding hydrogens is 360 g/mol. The lowest BCUT2D eigenvalue weighted by atomic mass is 9.98. The molecule has 4 rings (SSSR count). The van der Waals surface area contributed by atoms with Gasteiger partial charge >= 0.3 is 0 Å². The lowest BCUT2D eigenvalue weighted by molar-refractivity contribution is -0.104. The number of aryl methyl sites for hydroxylation is 2. The number of hydrogen-bond acceptors (Lipinski definition) is 4. The number of aromatic nitrogens is 3. The van der Waals surface area contributed by atoms with Gasteiger partial charge in [-0.2, -0.15) is 0 Å². The van der Waals surface area contributed by atoms with Gasteiger partial charge in [-0.25, -0.2) is 9.97 Å². The van der Waals surface area contributed by atoms with Crippen molar-refractivity contribution in [2.24, 2.45) is 7.05 Å². The summed E-state index contributed by atoms with van der Waals surface area (Å²) in [5.74, 6) is 0. The van der Waals surface area contributed by atoms with Gasteiger partial charge in [0.05, 0.1) is 11.4 Å². The smallest absolute Gasteiger partial charge is 0.144 e. The Morgan fingerprint density at radius 1 is 1.00 bits per heavy atom. The molecule has 146 valence electrons. The molecule has 2 heterocycles. The normalized spacial score (nSPS) is 10.2. The van der Waals surface area contributed by atoms with Crippen LogP contribution in [-0.4, -0.2) is 27.9 Å². The minimum Gasteiger partial charge on any atom is -0.388 e. The van der Waals surface area contributed by atoms with Crippen molar-refractivity contribution in [3.8, 4) is 22.4 Å². The lowest BCUT2D eigenvalue weighted by Crippen LogP contribution is -1.95. The largest absolute Gasteiger partial charge is 0.388 e. The third-order valence-corrected chi connectivity index (χ3v) is 4.76. The Labute approximate surface area is 170 Å². The van der Waals surface area contributed by atoms with Crippen LogP contribution in [0.4, 0.5) is 5.69 Å². The number of hydrogen-bond donors (Lipinski definition) is 1. The van der Waals surface area contributed by atoms with E-state index in [1.54, 1.807) is 6.33 Å². The van der Waals surface area contributed by atoms with Crippen LogP contribution in [0, 0.1) is 6.92 Å². The van der Waals surface area contributed by atoms with E-state index in [1.807, 2.05) is 20.0 Å². The molecule has 0 fully saturated rings. The highest BCUT2D eigenvalue weighted by Crippen LogP contribution is 2.40. The summed E-state index contributed by atoms with van der Waals surface area (Å²) in [7, 11) is 4.00. The van der Waals surface area contributed by atoms with Gasteiger partial charge in [-0.15, -0.1) is 0 Å². The van der Waals surface area contributed by atoms with Crippen molar-refractivity contribution in [2.45, 2.75) is 6.92 Å². The molecular formula is C24H24N4O. The molecule has 0 unspecified atom stereocenters. The van der Waals surface area contributed by atoms with Crippen molar-refractivity contribution in [3.63, 3.8) is 0 Å². The number of allylic oxidation sites excluding steroid dienone is 1. The van der Waals surface area contributed by atoms with E-state index in [-0.39, 0.29) is 0 Å². The Morgan fingerprint density at radius 3 is 2.24 bits per heavy atom. The number of carbonyl (C=O) groups excluding carboxylic acids is 1. The molecule has 2 aromatic carbocycles. The van der Waals surface area contributed by atoms with Crippen molar-refractivity contribution < 1.29 is 4.79 Å². The van der Waals surface area contributed by atoms with Crippen LogP contribution in [0.3, 0.4) is 0 Å². The predicted octanol–water partition coefficient (Wildman–Crippen LogP) is 5.02. The van der Waals surface area contributed by atoms with Crippen molar-refractivity contribution >= 4 is 23.0 Å². The van der Waals surface area contributed by atoms with Crippen LogP contribution >= 0.6 is 0 Å². The molecule has 0 saturated carbocycles. The van der Waals surface area contributed by atoms with Gasteiger partial charge in [0.1, 0.15) is 18.3 Å². The van der Waals surface area contributed by atoms with Gasteiger partial charge in [-0.05, 0) is 36.3 Å². The fraction of sp³-hybridized carbons (Fsp3) is 0.125. The summed E-state index contributed by atoms with van der Waals surface area (Å²) < 4.78 is 2.17. The first kappa shape index (κ1) is 20.0. The van der Waals surface area contributed by atoms with E-state index in [2.05, 4.69) is 82.0 Å². The summed E-state index contributed by atoms with van der Waals surface area (Å²) in [5.41, 5.74) is 7.74. The van der Waals surface area contributed by atoms with Crippen LogP contribution in [0.25, 0.3) is 33.4 Å². The third kappa shape index (κ3) is 3.94. The van der Waals surface area contributed by atoms with E-state index < -0.39 is 0 Å².